The van der Waals surface area contributed by atoms with Crippen molar-refractivity contribution >= 4 is 11.7 Å². The lowest BCUT2D eigenvalue weighted by Crippen LogP contribution is -2.49. The normalized spacial score (nSPS) is 15.2. The largest absolute Gasteiger partial charge is 0.454 e. The van der Waals surface area contributed by atoms with Gasteiger partial charge in [-0.05, 0) is 57.2 Å². The number of carbonyl (C=O) groups excluding carboxylic acids is 1. The van der Waals surface area contributed by atoms with E-state index in [0.717, 1.165) is 25.9 Å². The number of hydrogen-bond donors (Lipinski definition) is 1. The zero-order valence-electron chi connectivity index (χ0n) is 16.5. The number of methoxy groups -OCH3 is 1. The van der Waals surface area contributed by atoms with Gasteiger partial charge in [0.2, 0.25) is 0 Å². The van der Waals surface area contributed by atoms with E-state index in [2.05, 4.69) is 22.2 Å². The third-order valence-electron chi connectivity index (χ3n) is 4.92. The minimum absolute atomic E-state index is 0.131. The minimum atomic E-state index is -0.131. The number of likely N-dealkylation sites (tertiary alicyclic amines) is 1. The van der Waals surface area contributed by atoms with Crippen molar-refractivity contribution in [2.24, 2.45) is 0 Å². The van der Waals surface area contributed by atoms with Crippen LogP contribution >= 0.6 is 0 Å². The van der Waals surface area contributed by atoms with Gasteiger partial charge >= 0.3 is 6.03 Å². The fourth-order valence-corrected chi connectivity index (χ4v) is 3.33. The number of piperidine rings is 1. The summed E-state index contributed by atoms with van der Waals surface area (Å²) in [5.74, 6) is 1.20. The summed E-state index contributed by atoms with van der Waals surface area (Å²) in [6.45, 7) is 3.04. The predicted molar refractivity (Wildman–Crippen MR) is 109 cm³/mol. The van der Waals surface area contributed by atoms with Crippen LogP contribution in [0.25, 0.3) is 0 Å². The molecule has 0 saturated carbocycles. The Morgan fingerprint density at radius 1 is 1.25 bits per heavy atom. The summed E-state index contributed by atoms with van der Waals surface area (Å²) in [6, 6.07) is 11.1. The van der Waals surface area contributed by atoms with E-state index < -0.39 is 0 Å². The molecule has 1 aromatic carbocycles. The van der Waals surface area contributed by atoms with Gasteiger partial charge < -0.3 is 24.6 Å². The summed E-state index contributed by atoms with van der Waals surface area (Å²) < 4.78 is 11.1. The zero-order valence-corrected chi connectivity index (χ0v) is 16.5. The minimum Gasteiger partial charge on any atom is -0.454 e. The number of nitrogens with zero attached hydrogens (tertiary/aromatic N) is 3. The topological polar surface area (TPSA) is 66.9 Å². The Hall–Kier alpha value is -2.64. The lowest BCUT2D eigenvalue weighted by Gasteiger charge is -2.37. The molecule has 1 aromatic heterocycles. The van der Waals surface area contributed by atoms with Crippen LogP contribution in [-0.4, -0.2) is 67.3 Å². The summed E-state index contributed by atoms with van der Waals surface area (Å²) in [6.07, 6.45) is 5.25. The number of hydrogen-bond acceptors (Lipinski definition) is 5. The van der Waals surface area contributed by atoms with E-state index in [1.807, 2.05) is 41.3 Å². The number of pyridine rings is 1. The summed E-state index contributed by atoms with van der Waals surface area (Å²) >= 11 is 0. The molecule has 2 amide bonds. The maximum absolute atomic E-state index is 13.1. The lowest BCUT2D eigenvalue weighted by molar-refractivity contribution is 0.108. The second-order valence-corrected chi connectivity index (χ2v) is 6.94. The van der Waals surface area contributed by atoms with Crippen LogP contribution in [0.5, 0.6) is 11.5 Å². The summed E-state index contributed by atoms with van der Waals surface area (Å²) in [4.78, 5) is 21.3. The van der Waals surface area contributed by atoms with Gasteiger partial charge in [-0.25, -0.2) is 4.79 Å². The van der Waals surface area contributed by atoms with Crippen molar-refractivity contribution in [2.75, 3.05) is 45.7 Å². The van der Waals surface area contributed by atoms with Crippen LogP contribution in [0.15, 0.2) is 48.8 Å². The molecule has 1 fully saturated rings. The highest BCUT2D eigenvalue weighted by Gasteiger charge is 2.27. The van der Waals surface area contributed by atoms with E-state index in [9.17, 15) is 4.79 Å². The summed E-state index contributed by atoms with van der Waals surface area (Å²) in [7, 11) is 3.77. The monoisotopic (exact) mass is 384 g/mol. The molecule has 0 spiro atoms. The molecule has 28 heavy (non-hydrogen) atoms. The molecule has 1 aliphatic rings. The third kappa shape index (κ3) is 5.43. The third-order valence-corrected chi connectivity index (χ3v) is 4.92. The van der Waals surface area contributed by atoms with Gasteiger partial charge in [0.1, 0.15) is 5.75 Å². The van der Waals surface area contributed by atoms with Crippen molar-refractivity contribution in [2.45, 2.75) is 18.9 Å². The number of rotatable bonds is 7. The van der Waals surface area contributed by atoms with E-state index in [1.165, 1.54) is 0 Å². The zero-order chi connectivity index (χ0) is 19.8. The molecule has 150 valence electrons. The van der Waals surface area contributed by atoms with Gasteiger partial charge in [-0.3, -0.25) is 4.98 Å². The first kappa shape index (κ1) is 20.1. The molecule has 7 heteroatoms. The highest BCUT2D eigenvalue weighted by Crippen LogP contribution is 2.29. The molecule has 0 atom stereocenters. The Kier molecular flexibility index (Phi) is 7.22. The van der Waals surface area contributed by atoms with Crippen molar-refractivity contribution in [1.82, 2.24) is 14.8 Å². The van der Waals surface area contributed by atoms with Crippen LogP contribution in [0.2, 0.25) is 0 Å². The van der Waals surface area contributed by atoms with Crippen LogP contribution in [0.1, 0.15) is 12.8 Å². The van der Waals surface area contributed by atoms with Crippen molar-refractivity contribution in [3.05, 3.63) is 48.8 Å². The smallest absolute Gasteiger partial charge is 0.322 e. The Morgan fingerprint density at radius 2 is 2.04 bits per heavy atom. The Labute approximate surface area is 166 Å². The first-order valence-electron chi connectivity index (χ1n) is 9.59. The van der Waals surface area contributed by atoms with Gasteiger partial charge in [-0.1, -0.05) is 12.1 Å². The quantitative estimate of drug-likeness (QED) is 0.792. The summed E-state index contributed by atoms with van der Waals surface area (Å²) in [5, 5.41) is 3.02. The molecule has 0 unspecified atom stereocenters. The molecule has 0 bridgehead atoms. The molecular weight excluding hydrogens is 356 g/mol. The lowest BCUT2D eigenvalue weighted by atomic mass is 10.0. The van der Waals surface area contributed by atoms with Gasteiger partial charge in [0, 0.05) is 25.9 Å². The fraction of sp³-hybridized carbons (Fsp3) is 0.429. The molecule has 0 radical (unpaired) electrons. The molecule has 0 aliphatic carbocycles. The number of amides is 2. The number of benzene rings is 1. The van der Waals surface area contributed by atoms with E-state index in [0.29, 0.717) is 30.3 Å². The Balaban J connectivity index is 1.72. The molecular formula is C21H28N4O3. The molecule has 1 N–H and O–H groups in total. The van der Waals surface area contributed by atoms with Gasteiger partial charge in [0.05, 0.1) is 18.5 Å². The molecule has 1 saturated heterocycles. The average Bonchev–Trinajstić information content (AvgIpc) is 2.72. The molecule has 3 rings (SSSR count). The van der Waals surface area contributed by atoms with Gasteiger partial charge in [-0.15, -0.1) is 0 Å². The SMILES string of the molecule is COCCN(C(=O)Nc1ccccc1Oc1cccnc1)C1CCN(C)CC1. The first-order valence-corrected chi connectivity index (χ1v) is 9.59. The predicted octanol–water partition coefficient (Wildman–Crippen LogP) is 3.45. The fourth-order valence-electron chi connectivity index (χ4n) is 3.33. The van der Waals surface area contributed by atoms with Crippen LogP contribution in [0, 0.1) is 0 Å². The van der Waals surface area contributed by atoms with Crippen LogP contribution < -0.4 is 10.1 Å². The highest BCUT2D eigenvalue weighted by molar-refractivity contribution is 5.91. The van der Waals surface area contributed by atoms with E-state index in [-0.39, 0.29) is 12.1 Å². The molecule has 1 aliphatic heterocycles. The summed E-state index contributed by atoms with van der Waals surface area (Å²) in [5.41, 5.74) is 0.631. The highest BCUT2D eigenvalue weighted by atomic mass is 16.5. The number of anilines is 1. The maximum Gasteiger partial charge on any atom is 0.322 e. The number of nitrogens with one attached hydrogen (secondary N) is 1. The standard InChI is InChI=1S/C21H28N4O3/c1-24-12-9-17(10-13-24)25(14-15-27-2)21(26)23-19-7-3-4-8-20(19)28-18-6-5-11-22-16-18/h3-8,11,16-17H,9-10,12-15H2,1-2H3,(H,23,26). The van der Waals surface area contributed by atoms with Crippen LogP contribution in [0.3, 0.4) is 0 Å². The molecule has 7 nitrogen and oxygen atoms in total. The van der Waals surface area contributed by atoms with E-state index in [4.69, 9.17) is 9.47 Å². The second kappa shape index (κ2) is 10.1. The van der Waals surface area contributed by atoms with Gasteiger partial charge in [0.25, 0.3) is 0 Å². The van der Waals surface area contributed by atoms with Gasteiger partial charge in [0.15, 0.2) is 5.75 Å². The van der Waals surface area contributed by atoms with Crippen molar-refractivity contribution in [3.63, 3.8) is 0 Å². The average molecular weight is 384 g/mol. The number of para-hydroxylation sites is 2. The van der Waals surface area contributed by atoms with Crippen molar-refractivity contribution in [1.29, 1.82) is 0 Å². The molecule has 2 aromatic rings. The first-order chi connectivity index (χ1) is 13.7. The van der Waals surface area contributed by atoms with Crippen molar-refractivity contribution < 1.29 is 14.3 Å². The van der Waals surface area contributed by atoms with Crippen LogP contribution in [0.4, 0.5) is 10.5 Å². The molecule has 2 heterocycles. The van der Waals surface area contributed by atoms with E-state index in [1.54, 1.807) is 19.5 Å². The van der Waals surface area contributed by atoms with Crippen LogP contribution in [-0.2, 0) is 4.74 Å². The maximum atomic E-state index is 13.1. The Bertz CT molecular complexity index is 748. The number of aromatic nitrogens is 1. The van der Waals surface area contributed by atoms with Crippen molar-refractivity contribution in [3.8, 4) is 11.5 Å². The number of ether oxygens (including phenoxy) is 2. The van der Waals surface area contributed by atoms with E-state index >= 15 is 0 Å². The van der Waals surface area contributed by atoms with Gasteiger partial charge in [-0.2, -0.15) is 0 Å². The number of carbonyl (C=O) groups is 1. The second-order valence-electron chi connectivity index (χ2n) is 6.94. The number of urea groups is 1. The Morgan fingerprint density at radius 3 is 2.75 bits per heavy atom.